The standard InChI is InChI=1S/C22H25N7O/c1-15-13-23-16(2)22-24-18(26-29(15)22)10-11-19-25-20(27-12-6-9-21(27)30)14-28(19)17-7-4-3-5-8-17/h3-4,7,13-14H,5-6,8-12H2,1-2H3. The Morgan fingerprint density at radius 1 is 1.13 bits per heavy atom. The second kappa shape index (κ2) is 7.51. The molecule has 1 fully saturated rings. The lowest BCUT2D eigenvalue weighted by atomic mass is 10.1. The minimum Gasteiger partial charge on any atom is -0.305 e. The van der Waals surface area contributed by atoms with E-state index >= 15 is 0 Å². The van der Waals surface area contributed by atoms with Gasteiger partial charge in [-0.15, -0.1) is 0 Å². The van der Waals surface area contributed by atoms with Gasteiger partial charge in [-0.05, 0) is 39.2 Å². The number of anilines is 1. The maximum Gasteiger partial charge on any atom is 0.228 e. The molecule has 8 nitrogen and oxygen atoms in total. The van der Waals surface area contributed by atoms with Crippen molar-refractivity contribution in [3.05, 3.63) is 53.7 Å². The van der Waals surface area contributed by atoms with E-state index < -0.39 is 0 Å². The number of carbonyl (C=O) groups is 1. The van der Waals surface area contributed by atoms with Crippen LogP contribution in [0.25, 0.3) is 11.3 Å². The van der Waals surface area contributed by atoms with E-state index in [1.807, 2.05) is 30.8 Å². The number of allylic oxidation sites excluding steroid dienone is 4. The summed E-state index contributed by atoms with van der Waals surface area (Å²) in [6.07, 6.45) is 15.1. The van der Waals surface area contributed by atoms with Gasteiger partial charge in [-0.3, -0.25) is 14.7 Å². The van der Waals surface area contributed by atoms with Gasteiger partial charge >= 0.3 is 0 Å². The number of aryl methyl sites for hydroxylation is 4. The number of nitrogens with zero attached hydrogens (tertiary/aromatic N) is 7. The second-order valence-electron chi connectivity index (χ2n) is 7.91. The summed E-state index contributed by atoms with van der Waals surface area (Å²) in [5, 5.41) is 4.66. The van der Waals surface area contributed by atoms with Crippen molar-refractivity contribution in [2.45, 2.75) is 52.4 Å². The van der Waals surface area contributed by atoms with Gasteiger partial charge in [-0.1, -0.05) is 12.2 Å². The van der Waals surface area contributed by atoms with Crippen molar-refractivity contribution in [3.63, 3.8) is 0 Å². The molecule has 30 heavy (non-hydrogen) atoms. The van der Waals surface area contributed by atoms with Crippen LogP contribution in [0.15, 0.2) is 30.6 Å². The van der Waals surface area contributed by atoms with Crippen LogP contribution in [-0.4, -0.2) is 41.6 Å². The first-order valence-electron chi connectivity index (χ1n) is 10.5. The first-order valence-corrected chi connectivity index (χ1v) is 10.5. The van der Waals surface area contributed by atoms with E-state index in [0.29, 0.717) is 19.3 Å². The van der Waals surface area contributed by atoms with Gasteiger partial charge in [0.25, 0.3) is 0 Å². The van der Waals surface area contributed by atoms with Crippen LogP contribution in [0.1, 0.15) is 48.7 Å². The molecule has 1 aliphatic heterocycles. The van der Waals surface area contributed by atoms with E-state index in [1.54, 1.807) is 4.90 Å². The summed E-state index contributed by atoms with van der Waals surface area (Å²) >= 11 is 0. The molecule has 3 aromatic heterocycles. The first-order chi connectivity index (χ1) is 14.6. The summed E-state index contributed by atoms with van der Waals surface area (Å²) in [7, 11) is 0. The highest BCUT2D eigenvalue weighted by molar-refractivity contribution is 5.94. The van der Waals surface area contributed by atoms with Crippen LogP contribution in [0.5, 0.6) is 0 Å². The van der Waals surface area contributed by atoms with E-state index in [1.165, 1.54) is 5.70 Å². The molecule has 1 saturated heterocycles. The van der Waals surface area contributed by atoms with Gasteiger partial charge in [0.2, 0.25) is 5.91 Å². The number of amides is 1. The molecule has 0 bridgehead atoms. The Bertz CT molecular complexity index is 1140. The third-order valence-electron chi connectivity index (χ3n) is 5.74. The summed E-state index contributed by atoms with van der Waals surface area (Å²) in [4.78, 5) is 28.0. The Hall–Kier alpha value is -3.29. The summed E-state index contributed by atoms with van der Waals surface area (Å²) in [6.45, 7) is 4.67. The van der Waals surface area contributed by atoms with Gasteiger partial charge in [0, 0.05) is 37.7 Å². The fourth-order valence-electron chi connectivity index (χ4n) is 4.11. The minimum atomic E-state index is 0.157. The van der Waals surface area contributed by atoms with E-state index in [4.69, 9.17) is 4.98 Å². The Kier molecular flexibility index (Phi) is 4.69. The van der Waals surface area contributed by atoms with Crippen LogP contribution in [-0.2, 0) is 17.6 Å². The van der Waals surface area contributed by atoms with Crippen LogP contribution in [0.3, 0.4) is 0 Å². The Morgan fingerprint density at radius 2 is 2.03 bits per heavy atom. The quantitative estimate of drug-likeness (QED) is 0.654. The predicted octanol–water partition coefficient (Wildman–Crippen LogP) is 3.04. The van der Waals surface area contributed by atoms with E-state index in [0.717, 1.165) is 60.3 Å². The normalized spacial score (nSPS) is 16.7. The molecule has 0 saturated carbocycles. The maximum atomic E-state index is 12.2. The zero-order valence-corrected chi connectivity index (χ0v) is 17.4. The summed E-state index contributed by atoms with van der Waals surface area (Å²) in [6, 6.07) is 0. The van der Waals surface area contributed by atoms with Crippen molar-refractivity contribution in [1.29, 1.82) is 0 Å². The second-order valence-corrected chi connectivity index (χ2v) is 7.91. The van der Waals surface area contributed by atoms with Gasteiger partial charge in [0.1, 0.15) is 5.82 Å². The molecule has 0 unspecified atom stereocenters. The molecule has 154 valence electrons. The molecule has 4 heterocycles. The number of hydrogen-bond donors (Lipinski definition) is 0. The molecule has 8 heteroatoms. The third kappa shape index (κ3) is 3.32. The van der Waals surface area contributed by atoms with Gasteiger partial charge in [0.15, 0.2) is 17.3 Å². The molecule has 0 radical (unpaired) electrons. The lowest BCUT2D eigenvalue weighted by Gasteiger charge is -2.13. The smallest absolute Gasteiger partial charge is 0.228 e. The number of rotatable bonds is 5. The fraction of sp³-hybridized carbons (Fsp3) is 0.409. The SMILES string of the molecule is Cc1ncc(C)n2nc(CCc3nc(N4CCCC4=O)cn3C3=CC=CCC3)nc12. The molecule has 0 aromatic carbocycles. The first kappa shape index (κ1) is 18.7. The van der Waals surface area contributed by atoms with Crippen molar-refractivity contribution in [2.75, 3.05) is 11.4 Å². The zero-order valence-electron chi connectivity index (χ0n) is 17.4. The van der Waals surface area contributed by atoms with Crippen molar-refractivity contribution in [1.82, 2.24) is 29.1 Å². The molecular formula is C22H25N7O. The van der Waals surface area contributed by atoms with Gasteiger partial charge in [-0.2, -0.15) is 5.10 Å². The van der Waals surface area contributed by atoms with Crippen LogP contribution in [0.2, 0.25) is 0 Å². The molecule has 0 atom stereocenters. The van der Waals surface area contributed by atoms with Crippen LogP contribution in [0.4, 0.5) is 5.82 Å². The van der Waals surface area contributed by atoms with E-state index in [9.17, 15) is 4.79 Å². The molecule has 0 spiro atoms. The number of imidazole rings is 1. The highest BCUT2D eigenvalue weighted by atomic mass is 16.2. The van der Waals surface area contributed by atoms with Crippen molar-refractivity contribution < 1.29 is 4.79 Å². The van der Waals surface area contributed by atoms with Gasteiger partial charge in [-0.25, -0.2) is 14.5 Å². The van der Waals surface area contributed by atoms with Crippen molar-refractivity contribution in [3.8, 4) is 0 Å². The number of aromatic nitrogens is 6. The number of hydrogen-bond acceptors (Lipinski definition) is 5. The largest absolute Gasteiger partial charge is 0.305 e. The molecule has 1 aliphatic carbocycles. The summed E-state index contributed by atoms with van der Waals surface area (Å²) in [5.74, 6) is 2.63. The molecule has 1 amide bonds. The minimum absolute atomic E-state index is 0.157. The van der Waals surface area contributed by atoms with Gasteiger partial charge < -0.3 is 4.57 Å². The van der Waals surface area contributed by atoms with Crippen LogP contribution < -0.4 is 4.90 Å². The molecule has 0 N–H and O–H groups in total. The lowest BCUT2D eigenvalue weighted by Crippen LogP contribution is -2.24. The lowest BCUT2D eigenvalue weighted by molar-refractivity contribution is -0.117. The molecule has 3 aromatic rings. The van der Waals surface area contributed by atoms with Crippen molar-refractivity contribution >= 4 is 23.1 Å². The fourth-order valence-corrected chi connectivity index (χ4v) is 4.11. The monoisotopic (exact) mass is 403 g/mol. The summed E-state index contributed by atoms with van der Waals surface area (Å²) in [5.41, 5.74) is 3.84. The Labute approximate surface area is 175 Å². The van der Waals surface area contributed by atoms with E-state index in [-0.39, 0.29) is 5.91 Å². The Balaban J connectivity index is 1.45. The third-order valence-corrected chi connectivity index (χ3v) is 5.74. The topological polar surface area (TPSA) is 81.2 Å². The molecule has 2 aliphatic rings. The zero-order chi connectivity index (χ0) is 20.7. The highest BCUT2D eigenvalue weighted by Crippen LogP contribution is 2.26. The van der Waals surface area contributed by atoms with Crippen LogP contribution in [0, 0.1) is 13.8 Å². The molecular weight excluding hydrogens is 378 g/mol. The van der Waals surface area contributed by atoms with Gasteiger partial charge in [0.05, 0.1) is 17.6 Å². The van der Waals surface area contributed by atoms with Crippen molar-refractivity contribution in [2.24, 2.45) is 0 Å². The number of fused-ring (bicyclic) bond motifs is 1. The van der Waals surface area contributed by atoms with E-state index in [2.05, 4.69) is 37.9 Å². The predicted molar refractivity (Wildman–Crippen MR) is 114 cm³/mol. The van der Waals surface area contributed by atoms with Crippen LogP contribution >= 0.6 is 0 Å². The molecule has 5 rings (SSSR count). The summed E-state index contributed by atoms with van der Waals surface area (Å²) < 4.78 is 4.01. The maximum absolute atomic E-state index is 12.2. The average molecular weight is 403 g/mol. The number of carbonyl (C=O) groups excluding carboxylic acids is 1. The average Bonchev–Trinajstić information content (AvgIpc) is 3.48. The highest BCUT2D eigenvalue weighted by Gasteiger charge is 2.25. The Morgan fingerprint density at radius 3 is 2.77 bits per heavy atom.